The maximum absolute atomic E-state index is 12.4. The van der Waals surface area contributed by atoms with Crippen molar-refractivity contribution in [2.75, 3.05) is 13.7 Å². The fraction of sp³-hybridized carbons (Fsp3) is 0.750. The van der Waals surface area contributed by atoms with Gasteiger partial charge in [0.05, 0.1) is 42.8 Å². The first kappa shape index (κ1) is 26.8. The van der Waals surface area contributed by atoms with Crippen LogP contribution < -0.4 is 0 Å². The molecule has 220 valence electrons. The van der Waals surface area contributed by atoms with Crippen LogP contribution in [-0.4, -0.2) is 105 Å². The molecule has 0 aliphatic carbocycles. The van der Waals surface area contributed by atoms with Crippen LogP contribution in [0.1, 0.15) is 40.0 Å². The molecule has 14 atom stereocenters. The monoisotopic (exact) mass is 563 g/mol. The number of carbonyl (C=O) groups excluding carboxylic acids is 1. The molecule has 2 unspecified atom stereocenters. The van der Waals surface area contributed by atoms with Gasteiger partial charge in [-0.15, -0.1) is 0 Å². The van der Waals surface area contributed by atoms with Crippen molar-refractivity contribution in [1.82, 2.24) is 4.90 Å². The zero-order chi connectivity index (χ0) is 28.3. The van der Waals surface area contributed by atoms with E-state index in [-0.39, 0.29) is 29.9 Å². The van der Waals surface area contributed by atoms with Crippen LogP contribution in [0.15, 0.2) is 35.0 Å². The maximum atomic E-state index is 12.4. The van der Waals surface area contributed by atoms with Crippen molar-refractivity contribution in [2.24, 2.45) is 17.8 Å². The van der Waals surface area contributed by atoms with Crippen molar-refractivity contribution in [3.8, 4) is 0 Å². The molecule has 7 aliphatic rings. The van der Waals surface area contributed by atoms with Gasteiger partial charge in [0.1, 0.15) is 36.4 Å². The number of hydrogen-bond donors (Lipinski definition) is 4. The van der Waals surface area contributed by atoms with E-state index in [1.807, 2.05) is 0 Å². The molecule has 5 bridgehead atoms. The fourth-order valence-electron chi connectivity index (χ4n) is 8.66. The summed E-state index contributed by atoms with van der Waals surface area (Å²) in [5.41, 5.74) is -0.124. The van der Waals surface area contributed by atoms with Gasteiger partial charge in [-0.1, -0.05) is 26.0 Å². The standard InChI is InChI=1S/C28H37NO11/c1-5-6-7-27-15-9-17(37-26-21(33)20(32)19(31)14(10-30)36-26)29(27)13-8-16(27)39-28(15)18(13)11(2)23(40-28)24-22(35-4)12(3)25(34)38-24/h6-7,11,13-21,26,30-33H,5,8-10H2,1-4H3/b7-6+,24-23-/t11-,13+,14+,15?,16-,17+,18-,19+,20-,21+,26-,27+,28+/m0/s1. The Labute approximate surface area is 231 Å². The Morgan fingerprint density at radius 2 is 1.95 bits per heavy atom. The first-order chi connectivity index (χ1) is 19.1. The van der Waals surface area contributed by atoms with Crippen molar-refractivity contribution < 1.29 is 53.6 Å². The Hall–Kier alpha value is -2.03. The molecule has 4 N–H and O–H groups in total. The molecular formula is C28H37NO11. The first-order valence-electron chi connectivity index (χ1n) is 14.1. The van der Waals surface area contributed by atoms with E-state index >= 15 is 0 Å². The number of methoxy groups -OCH3 is 1. The summed E-state index contributed by atoms with van der Waals surface area (Å²) in [6, 6.07) is -0.0184. The number of piperidine rings is 1. The number of aliphatic hydroxyl groups is 4. The van der Waals surface area contributed by atoms with E-state index in [0.29, 0.717) is 29.3 Å². The van der Waals surface area contributed by atoms with Crippen molar-refractivity contribution in [2.45, 2.75) is 100 Å². The number of aliphatic hydroxyl groups excluding tert-OH is 4. The van der Waals surface area contributed by atoms with E-state index in [1.54, 1.807) is 6.92 Å². The lowest BCUT2D eigenvalue weighted by Crippen LogP contribution is -2.63. The van der Waals surface area contributed by atoms with Crippen LogP contribution in [0.4, 0.5) is 0 Å². The SMILES string of the molecule is CC/C=C/[C@]12C3C[C@@H](O[C@@H]4O[C@H](CO)[C@@H](O)[C@H](O)[C@H]4O)N1[C@@H]1C[C@@H]2O[C@@]32O/C(=C3\OC(=O)C(C)=C3OC)[C@@H](C)[C@@H]12. The van der Waals surface area contributed by atoms with Crippen molar-refractivity contribution in [3.63, 3.8) is 0 Å². The third-order valence-corrected chi connectivity index (χ3v) is 10.2. The molecule has 12 nitrogen and oxygen atoms in total. The van der Waals surface area contributed by atoms with Gasteiger partial charge in [-0.2, -0.15) is 0 Å². The number of carbonyl (C=O) groups is 1. The lowest BCUT2D eigenvalue weighted by molar-refractivity contribution is -0.323. The summed E-state index contributed by atoms with van der Waals surface area (Å²) in [5.74, 6) is -0.609. The van der Waals surface area contributed by atoms with Crippen molar-refractivity contribution >= 4 is 5.97 Å². The predicted molar refractivity (Wildman–Crippen MR) is 133 cm³/mol. The average molecular weight is 564 g/mol. The number of fused-ring (bicyclic) bond motifs is 1. The lowest BCUT2D eigenvalue weighted by atomic mass is 9.71. The fourth-order valence-corrected chi connectivity index (χ4v) is 8.66. The predicted octanol–water partition coefficient (Wildman–Crippen LogP) is 0.00820. The molecule has 6 saturated heterocycles. The van der Waals surface area contributed by atoms with Gasteiger partial charge in [0, 0.05) is 12.0 Å². The minimum absolute atomic E-state index is 0.0184. The molecular weight excluding hydrogens is 526 g/mol. The normalized spacial score (nSPS) is 54.0. The third kappa shape index (κ3) is 3.11. The van der Waals surface area contributed by atoms with Crippen LogP contribution in [0.5, 0.6) is 0 Å². The van der Waals surface area contributed by atoms with Gasteiger partial charge in [-0.05, 0) is 26.2 Å². The highest BCUT2D eigenvalue weighted by molar-refractivity contribution is 5.93. The molecule has 0 saturated carbocycles. The Morgan fingerprint density at radius 1 is 1.18 bits per heavy atom. The third-order valence-electron chi connectivity index (χ3n) is 10.2. The molecule has 0 aromatic rings. The summed E-state index contributed by atoms with van der Waals surface area (Å²) < 4.78 is 36.9. The molecule has 7 heterocycles. The van der Waals surface area contributed by atoms with Gasteiger partial charge in [-0.25, -0.2) is 4.79 Å². The number of esters is 1. The second-order valence-electron chi connectivity index (χ2n) is 12.0. The van der Waals surface area contributed by atoms with Gasteiger partial charge >= 0.3 is 5.97 Å². The minimum Gasteiger partial charge on any atom is -0.492 e. The number of cyclic esters (lactones) is 1. The van der Waals surface area contributed by atoms with Gasteiger partial charge in [0.2, 0.25) is 11.5 Å². The Bertz CT molecular complexity index is 1200. The minimum atomic E-state index is -1.52. The quantitative estimate of drug-likeness (QED) is 0.254. The summed E-state index contributed by atoms with van der Waals surface area (Å²) in [7, 11) is 1.50. The van der Waals surface area contributed by atoms with Crippen LogP contribution in [0.3, 0.4) is 0 Å². The largest absolute Gasteiger partial charge is 0.492 e. The van der Waals surface area contributed by atoms with E-state index in [0.717, 1.165) is 12.8 Å². The number of allylic oxidation sites excluding steroid dienone is 2. The van der Waals surface area contributed by atoms with E-state index in [1.165, 1.54) is 7.11 Å². The smallest absolute Gasteiger partial charge is 0.343 e. The van der Waals surface area contributed by atoms with Crippen LogP contribution in [0.25, 0.3) is 0 Å². The van der Waals surface area contributed by atoms with Gasteiger partial charge in [0.25, 0.3) is 0 Å². The zero-order valence-corrected chi connectivity index (χ0v) is 22.9. The van der Waals surface area contributed by atoms with Gasteiger partial charge in [0.15, 0.2) is 12.0 Å². The van der Waals surface area contributed by atoms with Gasteiger partial charge < -0.3 is 48.8 Å². The molecule has 0 radical (unpaired) electrons. The molecule has 7 rings (SSSR count). The topological polar surface area (TPSA) is 157 Å². The number of rotatable bonds is 6. The highest BCUT2D eigenvalue weighted by Crippen LogP contribution is 2.74. The van der Waals surface area contributed by atoms with E-state index < -0.39 is 60.8 Å². The molecule has 7 aliphatic heterocycles. The average Bonchev–Trinajstić information content (AvgIpc) is 3.64. The Kier molecular flexibility index (Phi) is 6.03. The lowest BCUT2D eigenvalue weighted by Gasteiger charge is -2.48. The molecule has 40 heavy (non-hydrogen) atoms. The molecule has 12 heteroatoms. The molecule has 6 fully saturated rings. The highest BCUT2D eigenvalue weighted by Gasteiger charge is 2.85. The summed E-state index contributed by atoms with van der Waals surface area (Å²) in [6.07, 6.45) is -1.04. The number of hydrogen-bond acceptors (Lipinski definition) is 12. The first-order valence-corrected chi connectivity index (χ1v) is 14.1. The van der Waals surface area contributed by atoms with Crippen LogP contribution >= 0.6 is 0 Å². The van der Waals surface area contributed by atoms with Crippen molar-refractivity contribution in [3.05, 3.63) is 35.0 Å². The molecule has 1 spiro atoms. The van der Waals surface area contributed by atoms with Gasteiger partial charge in [-0.3, -0.25) is 4.90 Å². The van der Waals surface area contributed by atoms with E-state index in [2.05, 4.69) is 30.9 Å². The van der Waals surface area contributed by atoms with Crippen LogP contribution in [-0.2, 0) is 33.2 Å². The Balaban J connectivity index is 1.26. The molecule has 0 aromatic heterocycles. The Morgan fingerprint density at radius 3 is 2.65 bits per heavy atom. The van der Waals surface area contributed by atoms with Crippen LogP contribution in [0.2, 0.25) is 0 Å². The summed E-state index contributed by atoms with van der Waals surface area (Å²) in [4.78, 5) is 14.7. The summed E-state index contributed by atoms with van der Waals surface area (Å²) >= 11 is 0. The number of ether oxygens (including phenoxy) is 6. The zero-order valence-electron chi connectivity index (χ0n) is 22.9. The van der Waals surface area contributed by atoms with Crippen molar-refractivity contribution in [1.29, 1.82) is 0 Å². The van der Waals surface area contributed by atoms with E-state index in [4.69, 9.17) is 28.4 Å². The second-order valence-corrected chi connectivity index (χ2v) is 12.0. The highest BCUT2D eigenvalue weighted by atomic mass is 16.7. The molecule has 0 aromatic carbocycles. The van der Waals surface area contributed by atoms with E-state index in [9.17, 15) is 25.2 Å². The summed E-state index contributed by atoms with van der Waals surface area (Å²) in [6.45, 7) is 5.26. The summed E-state index contributed by atoms with van der Waals surface area (Å²) in [5, 5.41) is 40.9. The number of nitrogens with zero attached hydrogens (tertiary/aromatic N) is 1. The molecule has 0 amide bonds. The second kappa shape index (κ2) is 8.98. The maximum Gasteiger partial charge on any atom is 0.343 e. The van der Waals surface area contributed by atoms with Crippen LogP contribution in [0, 0.1) is 17.8 Å².